The van der Waals surface area contributed by atoms with Crippen LogP contribution in [0, 0.1) is 0 Å². The van der Waals surface area contributed by atoms with Crippen molar-refractivity contribution in [2.45, 2.75) is 31.7 Å². The zero-order valence-corrected chi connectivity index (χ0v) is 42.9. The van der Waals surface area contributed by atoms with Gasteiger partial charge in [-0.25, -0.2) is 0 Å². The molecule has 76 heavy (non-hydrogen) atoms. The summed E-state index contributed by atoms with van der Waals surface area (Å²) in [4.78, 5) is 5.03. The topological polar surface area (TPSA) is 16.3 Å². The molecule has 0 spiro atoms. The van der Waals surface area contributed by atoms with E-state index in [0.29, 0.717) is 0 Å². The number of allylic oxidation sites excluding steroid dienone is 3. The van der Waals surface area contributed by atoms with E-state index in [1.807, 2.05) is 11.3 Å². The molecule has 0 bridgehead atoms. The Morgan fingerprint density at radius 1 is 0.500 bits per heavy atom. The lowest BCUT2D eigenvalue weighted by Gasteiger charge is -2.34. The molecule has 2 aliphatic rings. The van der Waals surface area contributed by atoms with Crippen LogP contribution < -0.4 is 9.80 Å². The number of hydrogen-bond acceptors (Lipinski definition) is 3. The van der Waals surface area contributed by atoms with E-state index in [9.17, 15) is 0 Å². The van der Waals surface area contributed by atoms with E-state index < -0.39 is 0 Å². The van der Waals surface area contributed by atoms with Gasteiger partial charge in [-0.2, -0.15) is 0 Å². The third-order valence-corrected chi connectivity index (χ3v) is 17.2. The van der Waals surface area contributed by atoms with Gasteiger partial charge in [0, 0.05) is 71.5 Å². The van der Waals surface area contributed by atoms with Crippen LogP contribution in [-0.2, 0) is 0 Å². The maximum Gasteiger partial charge on any atom is 0.0716 e. The second-order valence-corrected chi connectivity index (χ2v) is 21.5. The van der Waals surface area contributed by atoms with E-state index >= 15 is 0 Å². The summed E-state index contributed by atoms with van der Waals surface area (Å²) in [6, 6.07) is 87.0. The molecule has 2 atom stereocenters. The quantitative estimate of drug-likeness (QED) is 0.143. The van der Waals surface area contributed by atoms with Crippen LogP contribution in [0.4, 0.5) is 22.7 Å². The van der Waals surface area contributed by atoms with Gasteiger partial charge in [0.15, 0.2) is 0 Å². The molecular weight excluding hydrogens is 941 g/mol. The van der Waals surface area contributed by atoms with E-state index in [4.69, 9.17) is 0 Å². The predicted octanol–water partition coefficient (Wildman–Crippen LogP) is 19.5. The van der Waals surface area contributed by atoms with E-state index in [2.05, 4.69) is 287 Å². The first-order chi connectivity index (χ1) is 37.6. The standard InChI is InChI=1S/C71H52N4S/c1-47-43-58(46-66-68(47)63-41-40-61-60-31-16-17-32-67(60)76-71(61)70(63)75(66)54-27-12-5-13-28-54)73(52-23-8-3-9-24-52)56-29-18-20-50(44-56)48-33-36-55(37-34-48)72(51-21-6-2-7-22-51)57-38-39-62-65(45-57)74(53-25-10-4-11-26-53)64-42-35-49-19-14-15-30-59(49)69(62)64/h2-36,38-42,44-47,55H,37,43H2,1H3. The highest BCUT2D eigenvalue weighted by Crippen LogP contribution is 2.49. The first-order valence-electron chi connectivity index (χ1n) is 26.6. The summed E-state index contributed by atoms with van der Waals surface area (Å²) in [7, 11) is 0. The number of thiophene rings is 1. The number of hydrogen-bond donors (Lipinski definition) is 0. The van der Waals surface area contributed by atoms with Gasteiger partial charge in [0.05, 0.1) is 33.0 Å². The molecule has 13 aromatic rings. The van der Waals surface area contributed by atoms with Crippen LogP contribution in [0.1, 0.15) is 42.5 Å². The second-order valence-electron chi connectivity index (χ2n) is 20.4. The van der Waals surface area contributed by atoms with Crippen LogP contribution >= 0.6 is 11.3 Å². The minimum atomic E-state index is 0.0937. The molecule has 0 saturated heterocycles. The van der Waals surface area contributed by atoms with Crippen molar-refractivity contribution in [3.8, 4) is 11.4 Å². The van der Waals surface area contributed by atoms with Crippen molar-refractivity contribution in [1.82, 2.24) is 9.13 Å². The van der Waals surface area contributed by atoms with Crippen molar-refractivity contribution in [2.24, 2.45) is 0 Å². The van der Waals surface area contributed by atoms with Crippen LogP contribution in [0.25, 0.3) is 86.7 Å². The Morgan fingerprint density at radius 2 is 1.16 bits per heavy atom. The van der Waals surface area contributed by atoms with Gasteiger partial charge in [-0.05, 0) is 137 Å². The smallest absolute Gasteiger partial charge is 0.0716 e. The third-order valence-electron chi connectivity index (χ3n) is 16.0. The lowest BCUT2D eigenvalue weighted by atomic mass is 9.87. The molecule has 4 nitrogen and oxygen atoms in total. The molecule has 5 heteroatoms. The first kappa shape index (κ1) is 44.3. The fourth-order valence-corrected chi connectivity index (χ4v) is 13.9. The van der Waals surface area contributed by atoms with Gasteiger partial charge in [0.25, 0.3) is 0 Å². The van der Waals surface area contributed by atoms with Crippen molar-refractivity contribution in [1.29, 1.82) is 0 Å². The molecule has 0 N–H and O–H groups in total. The maximum absolute atomic E-state index is 2.55. The summed E-state index contributed by atoms with van der Waals surface area (Å²) in [6.07, 6.45) is 11.4. The van der Waals surface area contributed by atoms with Crippen LogP contribution in [-0.4, -0.2) is 15.2 Å². The highest BCUT2D eigenvalue weighted by atomic mass is 32.1. The largest absolute Gasteiger partial charge is 0.334 e. The number of aromatic nitrogens is 2. The Morgan fingerprint density at radius 3 is 1.92 bits per heavy atom. The van der Waals surface area contributed by atoms with Crippen molar-refractivity contribution in [2.75, 3.05) is 9.80 Å². The molecule has 0 radical (unpaired) electrons. The van der Waals surface area contributed by atoms with Gasteiger partial charge in [0.1, 0.15) is 0 Å². The summed E-state index contributed by atoms with van der Waals surface area (Å²) >= 11 is 1.91. The van der Waals surface area contributed by atoms with Gasteiger partial charge >= 0.3 is 0 Å². The number of fused-ring (bicyclic) bond motifs is 12. The highest BCUT2D eigenvalue weighted by molar-refractivity contribution is 7.26. The average Bonchev–Trinajstić information content (AvgIpc) is 4.17. The van der Waals surface area contributed by atoms with Gasteiger partial charge in [-0.15, -0.1) is 11.3 Å². The molecule has 0 fully saturated rings. The molecule has 2 aliphatic carbocycles. The number of rotatable bonds is 9. The van der Waals surface area contributed by atoms with Crippen LogP contribution in [0.2, 0.25) is 0 Å². The Kier molecular flexibility index (Phi) is 10.5. The minimum absolute atomic E-state index is 0.0937. The first-order valence-corrected chi connectivity index (χ1v) is 27.4. The van der Waals surface area contributed by atoms with E-state index in [-0.39, 0.29) is 12.0 Å². The molecule has 3 aromatic heterocycles. The van der Waals surface area contributed by atoms with E-state index in [0.717, 1.165) is 35.6 Å². The summed E-state index contributed by atoms with van der Waals surface area (Å²) in [5.74, 6) is 0.277. The number of para-hydroxylation sites is 4. The Hall–Kier alpha value is -9.16. The van der Waals surface area contributed by atoms with E-state index in [1.54, 1.807) is 0 Å². The predicted molar refractivity (Wildman–Crippen MR) is 325 cm³/mol. The normalized spacial score (nSPS) is 15.4. The Bertz CT molecular complexity index is 4480. The number of anilines is 4. The molecule has 0 aliphatic heterocycles. The molecule has 0 amide bonds. The molecule has 15 rings (SSSR count). The molecule has 10 aromatic carbocycles. The van der Waals surface area contributed by atoms with Crippen LogP contribution in [0.15, 0.2) is 261 Å². The third kappa shape index (κ3) is 7.18. The van der Waals surface area contributed by atoms with E-state index in [1.165, 1.54) is 103 Å². The average molecular weight is 993 g/mol. The highest BCUT2D eigenvalue weighted by Gasteiger charge is 2.31. The fraction of sp³-hybridized carbons (Fsp3) is 0.0704. The summed E-state index contributed by atoms with van der Waals surface area (Å²) in [5.41, 5.74) is 17.1. The van der Waals surface area contributed by atoms with Gasteiger partial charge < -0.3 is 18.9 Å². The SMILES string of the molecule is CC1CC(N(c2ccccc2)c2cccc(C3=CCC(N(c4ccccc4)c4ccc5c6c7ccccc7ccc6n(-c6ccccc6)c5c4)C=C3)c2)=Cc2c1c1ccc3c4ccccc4sc3c1n2-c1ccccc1. The van der Waals surface area contributed by atoms with Gasteiger partial charge in [-0.3, -0.25) is 0 Å². The van der Waals surface area contributed by atoms with Crippen LogP contribution in [0.5, 0.6) is 0 Å². The molecular formula is C71H52N4S. The van der Waals surface area contributed by atoms with Gasteiger partial charge in [-0.1, -0.05) is 177 Å². The lowest BCUT2D eigenvalue weighted by Crippen LogP contribution is -2.30. The number of nitrogens with zero attached hydrogens (tertiary/aromatic N) is 4. The van der Waals surface area contributed by atoms with Crippen molar-refractivity contribution >= 4 is 109 Å². The summed E-state index contributed by atoms with van der Waals surface area (Å²) < 4.78 is 7.66. The minimum Gasteiger partial charge on any atom is -0.334 e. The maximum atomic E-state index is 2.55. The van der Waals surface area contributed by atoms with Crippen molar-refractivity contribution in [3.05, 3.63) is 277 Å². The zero-order chi connectivity index (χ0) is 50.3. The summed E-state index contributed by atoms with van der Waals surface area (Å²) in [5, 5.41) is 9.06. The Balaban J connectivity index is 0.817. The molecule has 3 heterocycles. The van der Waals surface area contributed by atoms with Gasteiger partial charge in [0.2, 0.25) is 0 Å². The second kappa shape index (κ2) is 18.0. The number of benzene rings is 10. The monoisotopic (exact) mass is 992 g/mol. The fourth-order valence-electron chi connectivity index (χ4n) is 12.7. The zero-order valence-electron chi connectivity index (χ0n) is 42.1. The van der Waals surface area contributed by atoms with Crippen molar-refractivity contribution in [3.63, 3.8) is 0 Å². The van der Waals surface area contributed by atoms with Crippen LogP contribution in [0.3, 0.4) is 0 Å². The lowest BCUT2D eigenvalue weighted by molar-refractivity contribution is 0.731. The molecule has 2 unspecified atom stereocenters. The summed E-state index contributed by atoms with van der Waals surface area (Å²) in [6.45, 7) is 2.42. The van der Waals surface area contributed by atoms with Crippen molar-refractivity contribution < 1.29 is 0 Å². The molecule has 362 valence electrons. The molecule has 0 saturated carbocycles. The Labute approximate surface area is 446 Å².